The van der Waals surface area contributed by atoms with Crippen molar-refractivity contribution in [3.8, 4) is 0 Å². The zero-order valence-electron chi connectivity index (χ0n) is 9.47. The summed E-state index contributed by atoms with van der Waals surface area (Å²) in [5, 5.41) is 7.09. The van der Waals surface area contributed by atoms with Crippen LogP contribution in [0.1, 0.15) is 26.7 Å². The summed E-state index contributed by atoms with van der Waals surface area (Å²) < 4.78 is 1.02. The Morgan fingerprint density at radius 2 is 2.38 bits per heavy atom. The Kier molecular flexibility index (Phi) is 3.91. The highest BCUT2D eigenvalue weighted by Crippen LogP contribution is 2.30. The van der Waals surface area contributed by atoms with Crippen LogP contribution in [0, 0.1) is 5.92 Å². The maximum Gasteiger partial charge on any atom is 0.248 e. The van der Waals surface area contributed by atoms with Gasteiger partial charge in [0.1, 0.15) is 0 Å². The maximum absolute atomic E-state index is 11.3. The number of carbonyl (C=O) groups is 1. The first-order valence-corrected chi connectivity index (χ1v) is 7.23. The minimum absolute atomic E-state index is 0.0182. The molecule has 0 unspecified atom stereocenters. The number of hydrogen-bond donors (Lipinski definition) is 0. The SMILES string of the molecule is CC(C)CSC1=NN2CCCC(=O)N=C2S1. The van der Waals surface area contributed by atoms with Crippen LogP contribution in [0.5, 0.6) is 0 Å². The van der Waals surface area contributed by atoms with Gasteiger partial charge in [0.05, 0.1) is 0 Å². The van der Waals surface area contributed by atoms with Gasteiger partial charge in [-0.2, -0.15) is 10.1 Å². The molecule has 88 valence electrons. The molecule has 6 heteroatoms. The summed E-state index contributed by atoms with van der Waals surface area (Å²) in [6, 6.07) is 0. The van der Waals surface area contributed by atoms with Crippen molar-refractivity contribution in [1.82, 2.24) is 5.01 Å². The van der Waals surface area contributed by atoms with Crippen molar-refractivity contribution in [2.75, 3.05) is 12.3 Å². The number of thioether (sulfide) groups is 2. The molecule has 0 spiro atoms. The van der Waals surface area contributed by atoms with E-state index in [0.29, 0.717) is 12.3 Å². The molecule has 0 saturated carbocycles. The molecule has 0 fully saturated rings. The van der Waals surface area contributed by atoms with Gasteiger partial charge >= 0.3 is 0 Å². The smallest absolute Gasteiger partial charge is 0.248 e. The third-order valence-corrected chi connectivity index (χ3v) is 4.63. The molecule has 2 heterocycles. The molecule has 0 aromatic heterocycles. The number of fused-ring (bicyclic) bond motifs is 1. The van der Waals surface area contributed by atoms with Gasteiger partial charge in [0.15, 0.2) is 9.54 Å². The van der Waals surface area contributed by atoms with E-state index in [-0.39, 0.29) is 5.91 Å². The number of carbonyl (C=O) groups excluding carboxylic acids is 1. The normalized spacial score (nSPS) is 20.7. The molecule has 0 aromatic rings. The highest BCUT2D eigenvalue weighted by Gasteiger charge is 2.26. The molecule has 1 amide bonds. The molecule has 0 N–H and O–H groups in total. The van der Waals surface area contributed by atoms with E-state index in [1.807, 2.05) is 5.01 Å². The first-order valence-electron chi connectivity index (χ1n) is 5.43. The first kappa shape index (κ1) is 12.0. The number of hydrazone groups is 1. The number of aliphatic imine (C=N–C) groups is 1. The lowest BCUT2D eigenvalue weighted by Crippen LogP contribution is -2.18. The van der Waals surface area contributed by atoms with Gasteiger partial charge in [0.25, 0.3) is 0 Å². The quantitative estimate of drug-likeness (QED) is 0.762. The van der Waals surface area contributed by atoms with E-state index >= 15 is 0 Å². The summed E-state index contributed by atoms with van der Waals surface area (Å²) in [6.07, 6.45) is 1.39. The lowest BCUT2D eigenvalue weighted by molar-refractivity contribution is -0.117. The van der Waals surface area contributed by atoms with Crippen molar-refractivity contribution in [1.29, 1.82) is 0 Å². The Balaban J connectivity index is 1.98. The van der Waals surface area contributed by atoms with Gasteiger partial charge < -0.3 is 0 Å². The molecule has 0 bridgehead atoms. The van der Waals surface area contributed by atoms with Crippen LogP contribution < -0.4 is 0 Å². The molecule has 0 radical (unpaired) electrons. The predicted octanol–water partition coefficient (Wildman–Crippen LogP) is 2.37. The van der Waals surface area contributed by atoms with Crippen molar-refractivity contribution >= 4 is 39.0 Å². The fourth-order valence-corrected chi connectivity index (χ4v) is 3.33. The van der Waals surface area contributed by atoms with Gasteiger partial charge in [0.2, 0.25) is 5.91 Å². The maximum atomic E-state index is 11.3. The van der Waals surface area contributed by atoms with E-state index < -0.39 is 0 Å². The lowest BCUT2D eigenvalue weighted by Gasteiger charge is -2.08. The number of amidine groups is 1. The van der Waals surface area contributed by atoms with Gasteiger partial charge in [-0.25, -0.2) is 5.01 Å². The predicted molar refractivity (Wildman–Crippen MR) is 70.7 cm³/mol. The zero-order valence-corrected chi connectivity index (χ0v) is 11.1. The summed E-state index contributed by atoms with van der Waals surface area (Å²) in [5.74, 6) is 1.69. The molecule has 4 nitrogen and oxygen atoms in total. The van der Waals surface area contributed by atoms with Crippen molar-refractivity contribution in [2.24, 2.45) is 16.0 Å². The monoisotopic (exact) mass is 257 g/mol. The fourth-order valence-electron chi connectivity index (χ4n) is 1.36. The van der Waals surface area contributed by atoms with E-state index in [2.05, 4.69) is 23.9 Å². The standard InChI is InChI=1S/C10H15N3OS2/c1-7(2)6-15-10-12-13-5-3-4-8(14)11-9(13)16-10/h7H,3-6H2,1-2H3. The highest BCUT2D eigenvalue weighted by molar-refractivity contribution is 8.45. The molecule has 2 aliphatic rings. The number of nitrogens with zero attached hydrogens (tertiary/aromatic N) is 3. The number of rotatable bonds is 2. The molecule has 0 saturated heterocycles. The second-order valence-corrected chi connectivity index (χ2v) is 6.41. The Morgan fingerprint density at radius 1 is 1.56 bits per heavy atom. The minimum atomic E-state index is -0.0182. The van der Waals surface area contributed by atoms with Crippen LogP contribution in [0.4, 0.5) is 0 Å². The van der Waals surface area contributed by atoms with Crippen LogP contribution in [0.3, 0.4) is 0 Å². The summed E-state index contributed by atoms with van der Waals surface area (Å²) >= 11 is 3.27. The van der Waals surface area contributed by atoms with Crippen LogP contribution >= 0.6 is 23.5 Å². The molecule has 0 atom stereocenters. The van der Waals surface area contributed by atoms with E-state index in [0.717, 1.165) is 28.3 Å². The van der Waals surface area contributed by atoms with E-state index in [9.17, 15) is 4.79 Å². The third-order valence-electron chi connectivity index (χ3n) is 2.12. The van der Waals surface area contributed by atoms with Crippen LogP contribution in [-0.2, 0) is 4.79 Å². The van der Waals surface area contributed by atoms with Gasteiger partial charge in [-0.1, -0.05) is 25.6 Å². The van der Waals surface area contributed by atoms with Crippen LogP contribution in [0.25, 0.3) is 0 Å². The average molecular weight is 257 g/mol. The summed E-state index contributed by atoms with van der Waals surface area (Å²) in [7, 11) is 0. The lowest BCUT2D eigenvalue weighted by atomic mass is 10.3. The minimum Gasteiger partial charge on any atom is -0.273 e. The van der Waals surface area contributed by atoms with Crippen molar-refractivity contribution in [3.63, 3.8) is 0 Å². The second-order valence-electron chi connectivity index (χ2n) is 4.19. The van der Waals surface area contributed by atoms with E-state index in [1.54, 1.807) is 11.8 Å². The number of hydrogen-bond acceptors (Lipinski definition) is 5. The Bertz CT molecular complexity index is 352. The molecular weight excluding hydrogens is 242 g/mol. The molecule has 0 aliphatic carbocycles. The van der Waals surface area contributed by atoms with E-state index in [1.165, 1.54) is 11.8 Å². The van der Waals surface area contributed by atoms with Crippen LogP contribution in [0.2, 0.25) is 0 Å². The zero-order chi connectivity index (χ0) is 11.5. The molecule has 16 heavy (non-hydrogen) atoms. The topological polar surface area (TPSA) is 45.0 Å². The second kappa shape index (κ2) is 5.23. The molecule has 2 rings (SSSR count). The van der Waals surface area contributed by atoms with Crippen LogP contribution in [0.15, 0.2) is 10.1 Å². The van der Waals surface area contributed by atoms with Crippen molar-refractivity contribution in [2.45, 2.75) is 26.7 Å². The fraction of sp³-hybridized carbons (Fsp3) is 0.700. The van der Waals surface area contributed by atoms with Gasteiger partial charge in [-0.05, 0) is 24.1 Å². The largest absolute Gasteiger partial charge is 0.273 e. The average Bonchev–Trinajstić information content (AvgIpc) is 2.50. The van der Waals surface area contributed by atoms with E-state index in [4.69, 9.17) is 0 Å². The van der Waals surface area contributed by atoms with Crippen molar-refractivity contribution in [3.05, 3.63) is 0 Å². The van der Waals surface area contributed by atoms with Crippen molar-refractivity contribution < 1.29 is 4.79 Å². The molecule has 0 aromatic carbocycles. The van der Waals surface area contributed by atoms with Crippen LogP contribution in [-0.4, -0.2) is 32.8 Å². The Hall–Kier alpha value is -0.490. The molecular formula is C10H15N3OS2. The summed E-state index contributed by atoms with van der Waals surface area (Å²) in [4.78, 5) is 15.4. The Morgan fingerprint density at radius 3 is 3.12 bits per heavy atom. The number of amides is 1. The van der Waals surface area contributed by atoms with Gasteiger partial charge in [-0.3, -0.25) is 4.79 Å². The molecule has 2 aliphatic heterocycles. The third kappa shape index (κ3) is 3.01. The highest BCUT2D eigenvalue weighted by atomic mass is 32.2. The first-order chi connectivity index (χ1) is 7.65. The summed E-state index contributed by atoms with van der Waals surface area (Å²) in [6.45, 7) is 5.18. The summed E-state index contributed by atoms with van der Waals surface area (Å²) in [5.41, 5.74) is 0. The Labute approximate surface area is 104 Å². The van der Waals surface area contributed by atoms with Gasteiger partial charge in [0, 0.05) is 18.7 Å². The van der Waals surface area contributed by atoms with Gasteiger partial charge in [-0.15, -0.1) is 0 Å².